The largest absolute Gasteiger partial charge is 0.480 e. The Morgan fingerprint density at radius 3 is 1.38 bits per heavy atom. The van der Waals surface area contributed by atoms with Crippen LogP contribution in [0.3, 0.4) is 0 Å². The predicted molar refractivity (Wildman–Crippen MR) is 214 cm³/mol. The molecule has 0 spiro atoms. The number of carboxylic acid groups (broad SMARTS) is 1. The Balaban J connectivity index is 0.000000262. The molecule has 2 saturated heterocycles. The number of rotatable bonds is 8. The van der Waals surface area contributed by atoms with E-state index >= 15 is 0 Å². The summed E-state index contributed by atoms with van der Waals surface area (Å²) < 4.78 is 77.4. The molecular weight excluding hydrogens is 865 g/mol. The third kappa shape index (κ3) is 11.5. The van der Waals surface area contributed by atoms with Gasteiger partial charge in [0, 0.05) is 13.1 Å². The van der Waals surface area contributed by atoms with Gasteiger partial charge in [0.15, 0.2) is 11.4 Å². The van der Waals surface area contributed by atoms with E-state index in [1.807, 2.05) is 48.5 Å². The Morgan fingerprint density at radius 1 is 0.683 bits per heavy atom. The zero-order valence-corrected chi connectivity index (χ0v) is 35.4. The summed E-state index contributed by atoms with van der Waals surface area (Å²) in [4.78, 5) is 48.9. The van der Waals surface area contributed by atoms with Gasteiger partial charge in [0.1, 0.15) is 24.7 Å². The number of aromatic nitrogens is 4. The highest BCUT2D eigenvalue weighted by atomic mass is 35.5. The molecule has 2 aliphatic heterocycles. The van der Waals surface area contributed by atoms with Crippen LogP contribution in [-0.2, 0) is 55.5 Å². The molecule has 4 aromatic rings. The Kier molecular flexibility index (Phi) is 17.0. The molecule has 11 nitrogen and oxygen atoms in total. The maximum Gasteiger partial charge on any atom is 0.436 e. The lowest BCUT2D eigenvalue weighted by Crippen LogP contribution is -2.49. The van der Waals surface area contributed by atoms with Gasteiger partial charge in [0.2, 0.25) is 5.91 Å². The first-order valence-electron chi connectivity index (χ1n) is 18.5. The molecule has 60 heavy (non-hydrogen) atoms. The van der Waals surface area contributed by atoms with Gasteiger partial charge in [-0.05, 0) is 77.6 Å². The van der Waals surface area contributed by atoms with E-state index in [0.717, 1.165) is 36.2 Å². The normalized spacial score (nSPS) is 16.0. The van der Waals surface area contributed by atoms with Crippen molar-refractivity contribution < 1.29 is 50.6 Å². The van der Waals surface area contributed by atoms with Gasteiger partial charge in [-0.2, -0.15) is 36.5 Å². The first-order chi connectivity index (χ1) is 27.5. The Bertz CT molecular complexity index is 2110. The van der Waals surface area contributed by atoms with Crippen molar-refractivity contribution in [3.05, 3.63) is 105 Å². The highest BCUT2D eigenvalue weighted by molar-refractivity contribution is 6.32. The van der Waals surface area contributed by atoms with Crippen LogP contribution >= 0.6 is 35.6 Å². The number of aliphatic carboxylic acids is 1. The number of Topliss-reactive ketones (excluding diaryl/α,β-unsaturated/α-hetero) is 2. The maximum absolute atomic E-state index is 13.0. The van der Waals surface area contributed by atoms with Crippen LogP contribution in [0, 0.1) is 13.8 Å². The molecule has 2 fully saturated rings. The Hall–Kier alpha value is -4.45. The van der Waals surface area contributed by atoms with Crippen molar-refractivity contribution in [2.24, 2.45) is 0 Å². The van der Waals surface area contributed by atoms with Crippen molar-refractivity contribution in [1.29, 1.82) is 0 Å². The smallest absolute Gasteiger partial charge is 0.436 e. The fourth-order valence-corrected chi connectivity index (χ4v) is 7.75. The lowest BCUT2D eigenvalue weighted by atomic mass is 9.70. The summed E-state index contributed by atoms with van der Waals surface area (Å²) in [5.41, 5.74) is -1.16. The van der Waals surface area contributed by atoms with Gasteiger partial charge in [-0.1, -0.05) is 83.9 Å². The summed E-state index contributed by atoms with van der Waals surface area (Å²) in [6, 6.07) is 19.6. The number of nitrogens with zero attached hydrogens (tertiary/aromatic N) is 5. The SMILES string of the molecule is CC(=O)C1(c2ccccc2)CCN(C(=O)Cn2nc(C(F)(F)F)c(Cl)c2C)CC1.CC(=O)C1(c2ccccc2)CCNCC1.Cc1c(Cl)c(C(F)(F)F)nn1CC(=O)O.Cl. The molecule has 20 heteroatoms. The second-order valence-corrected chi connectivity index (χ2v) is 15.1. The third-order valence-corrected chi connectivity index (χ3v) is 11.7. The molecule has 0 atom stereocenters. The third-order valence-electron chi connectivity index (χ3n) is 10.8. The summed E-state index contributed by atoms with van der Waals surface area (Å²) >= 11 is 11.1. The molecule has 0 saturated carbocycles. The van der Waals surface area contributed by atoms with Gasteiger partial charge in [0.25, 0.3) is 0 Å². The lowest BCUT2D eigenvalue weighted by Gasteiger charge is -2.40. The maximum atomic E-state index is 13.0. The van der Waals surface area contributed by atoms with E-state index in [-0.39, 0.29) is 47.4 Å². The van der Waals surface area contributed by atoms with Crippen molar-refractivity contribution in [2.75, 3.05) is 26.2 Å². The van der Waals surface area contributed by atoms with Crippen LogP contribution in [0.2, 0.25) is 10.0 Å². The highest BCUT2D eigenvalue weighted by Gasteiger charge is 2.43. The van der Waals surface area contributed by atoms with Crippen LogP contribution in [-0.4, -0.2) is 79.2 Å². The average Bonchev–Trinajstić information content (AvgIpc) is 3.65. The highest BCUT2D eigenvalue weighted by Crippen LogP contribution is 2.39. The quantitative estimate of drug-likeness (QED) is 0.169. The van der Waals surface area contributed by atoms with Crippen molar-refractivity contribution in [1.82, 2.24) is 29.8 Å². The van der Waals surface area contributed by atoms with E-state index in [9.17, 15) is 45.5 Å². The number of hydrogen-bond donors (Lipinski definition) is 2. The number of alkyl halides is 6. The fraction of sp³-hybridized carbons (Fsp3) is 0.450. The summed E-state index contributed by atoms with van der Waals surface area (Å²) in [6.45, 7) is 7.51. The number of carbonyl (C=O) groups excluding carboxylic acids is 3. The van der Waals surface area contributed by atoms with Crippen LogP contribution in [0.15, 0.2) is 60.7 Å². The molecule has 2 aliphatic rings. The zero-order chi connectivity index (χ0) is 43.9. The van der Waals surface area contributed by atoms with Crippen molar-refractivity contribution in [3.63, 3.8) is 0 Å². The summed E-state index contributed by atoms with van der Waals surface area (Å²) in [7, 11) is 0. The van der Waals surface area contributed by atoms with Crippen molar-refractivity contribution in [2.45, 2.75) is 89.7 Å². The molecule has 0 aliphatic carbocycles. The molecule has 6 rings (SSSR count). The van der Waals surface area contributed by atoms with Crippen LogP contribution < -0.4 is 5.32 Å². The summed E-state index contributed by atoms with van der Waals surface area (Å²) in [5, 5.41) is 17.2. The van der Waals surface area contributed by atoms with Gasteiger partial charge >= 0.3 is 18.3 Å². The molecule has 2 N–H and O–H groups in total. The second-order valence-electron chi connectivity index (χ2n) is 14.3. The van der Waals surface area contributed by atoms with E-state index in [4.69, 9.17) is 28.3 Å². The number of halogens is 9. The van der Waals surface area contributed by atoms with Gasteiger partial charge in [-0.25, -0.2) is 0 Å². The molecular formula is C40H45Cl3F6N6O5. The Labute approximate surface area is 358 Å². The van der Waals surface area contributed by atoms with Crippen LogP contribution in [0.5, 0.6) is 0 Å². The molecule has 0 unspecified atom stereocenters. The van der Waals surface area contributed by atoms with E-state index < -0.39 is 51.7 Å². The summed E-state index contributed by atoms with van der Waals surface area (Å²) in [6.07, 6.45) is -6.59. The minimum absolute atomic E-state index is 0. The number of benzene rings is 2. The second kappa shape index (κ2) is 20.4. The number of carboxylic acids is 1. The number of nitrogens with one attached hydrogen (secondary N) is 1. The molecule has 328 valence electrons. The van der Waals surface area contributed by atoms with Gasteiger partial charge in [-0.15, -0.1) is 12.4 Å². The van der Waals surface area contributed by atoms with E-state index in [1.165, 1.54) is 19.4 Å². The minimum atomic E-state index is -4.68. The monoisotopic (exact) mass is 908 g/mol. The summed E-state index contributed by atoms with van der Waals surface area (Å²) in [5.74, 6) is -1.30. The van der Waals surface area contributed by atoms with Crippen LogP contribution in [0.4, 0.5) is 26.3 Å². The number of carbonyl (C=O) groups is 4. The van der Waals surface area contributed by atoms with E-state index in [0.29, 0.717) is 36.4 Å². The molecule has 4 heterocycles. The average molecular weight is 910 g/mol. The first kappa shape index (κ1) is 49.9. The topological polar surface area (TPSA) is 139 Å². The van der Waals surface area contributed by atoms with Crippen LogP contribution in [0.1, 0.15) is 73.4 Å². The molecule has 2 aromatic heterocycles. The molecule has 2 aromatic carbocycles. The lowest BCUT2D eigenvalue weighted by molar-refractivity contribution is -0.143. The molecule has 0 radical (unpaired) electrons. The fourth-order valence-electron chi connectivity index (χ4n) is 7.27. The van der Waals surface area contributed by atoms with Crippen molar-refractivity contribution >= 4 is 59.1 Å². The van der Waals surface area contributed by atoms with Gasteiger partial charge in [-0.3, -0.25) is 28.5 Å². The molecule has 0 bridgehead atoms. The number of likely N-dealkylation sites (tertiary alicyclic amines) is 1. The number of piperidine rings is 2. The van der Waals surface area contributed by atoms with Gasteiger partial charge in [0.05, 0.1) is 32.3 Å². The van der Waals surface area contributed by atoms with Crippen molar-refractivity contribution in [3.8, 4) is 0 Å². The molecule has 1 amide bonds. The standard InChI is InChI=1S/C20H21ClF3N3O2.C13H17NO.C7H6ClF3N2O2.ClH/c1-13-17(21)18(20(22,23)24)25-27(13)12-16(29)26-10-8-19(9-11-26,14(2)28)15-6-4-3-5-7-15;1-11(15)13(7-9-14-10-8-13)12-5-3-2-4-6-12;1-3-5(8)6(7(9,10)11)12-13(3)2-4(14)15;/h3-7H,8-12H2,1-2H3;2-6,14H,7-10H2,1H3;2H2,1H3,(H,14,15);1H. The first-order valence-corrected chi connectivity index (χ1v) is 19.2. The predicted octanol–water partition coefficient (Wildman–Crippen LogP) is 8.28. The van der Waals surface area contributed by atoms with E-state index in [1.54, 1.807) is 18.7 Å². The van der Waals surface area contributed by atoms with Crippen LogP contribution in [0.25, 0.3) is 0 Å². The zero-order valence-electron chi connectivity index (χ0n) is 33.1. The minimum Gasteiger partial charge on any atom is -0.480 e. The van der Waals surface area contributed by atoms with Gasteiger partial charge < -0.3 is 15.3 Å². The van der Waals surface area contributed by atoms with E-state index in [2.05, 4.69) is 27.6 Å². The number of hydrogen-bond acceptors (Lipinski definition) is 7. The number of amides is 1. The number of ketones is 2. The Morgan fingerprint density at radius 2 is 1.05 bits per heavy atom.